The molecule has 3 nitrogen and oxygen atoms in total. The quantitative estimate of drug-likeness (QED) is 0.878. The number of aromatic nitrogens is 1. The highest BCUT2D eigenvalue weighted by Gasteiger charge is 2.13. The Balaban J connectivity index is 2.30. The Morgan fingerprint density at radius 3 is 2.72 bits per heavy atom. The van der Waals surface area contributed by atoms with Crippen LogP contribution in [-0.4, -0.2) is 24.7 Å². The molecule has 0 aliphatic carbocycles. The molecular formula is C15H23N3. The van der Waals surface area contributed by atoms with Gasteiger partial charge in [0.25, 0.3) is 0 Å². The number of aryl methyl sites for hydroxylation is 1. The molecule has 0 saturated carbocycles. The lowest BCUT2D eigenvalue weighted by molar-refractivity contribution is 0.521. The topological polar surface area (TPSA) is 34.2 Å². The van der Waals surface area contributed by atoms with Crippen molar-refractivity contribution in [3.8, 4) is 0 Å². The highest BCUT2D eigenvalue weighted by Crippen LogP contribution is 2.28. The van der Waals surface area contributed by atoms with Gasteiger partial charge in [0.1, 0.15) is 0 Å². The second-order valence-corrected chi connectivity index (χ2v) is 5.03. The maximum absolute atomic E-state index is 5.80. The Bertz CT molecular complexity index is 511. The monoisotopic (exact) mass is 245 g/mol. The smallest absolute Gasteiger partial charge is 0.0623 e. The van der Waals surface area contributed by atoms with Crippen molar-refractivity contribution < 1.29 is 0 Å². The third-order valence-electron chi connectivity index (χ3n) is 3.73. The van der Waals surface area contributed by atoms with Crippen LogP contribution in [0.5, 0.6) is 0 Å². The predicted molar refractivity (Wildman–Crippen MR) is 79.0 cm³/mol. The largest absolute Gasteiger partial charge is 0.373 e. The van der Waals surface area contributed by atoms with E-state index in [-0.39, 0.29) is 0 Å². The first-order chi connectivity index (χ1) is 8.67. The van der Waals surface area contributed by atoms with E-state index in [9.17, 15) is 0 Å². The van der Waals surface area contributed by atoms with Crippen LogP contribution in [0.3, 0.4) is 0 Å². The van der Waals surface area contributed by atoms with Crippen LogP contribution < -0.4 is 10.6 Å². The third-order valence-corrected chi connectivity index (χ3v) is 3.73. The zero-order valence-corrected chi connectivity index (χ0v) is 11.6. The highest BCUT2D eigenvalue weighted by molar-refractivity contribution is 5.93. The number of anilines is 1. The summed E-state index contributed by atoms with van der Waals surface area (Å²) in [4.78, 5) is 2.32. The van der Waals surface area contributed by atoms with Crippen molar-refractivity contribution in [1.82, 2.24) is 4.57 Å². The molecule has 0 spiro atoms. The van der Waals surface area contributed by atoms with Crippen LogP contribution in [0.25, 0.3) is 10.9 Å². The number of hydrogen-bond donors (Lipinski definition) is 1. The summed E-state index contributed by atoms with van der Waals surface area (Å²) in [5.74, 6) is 0.564. The first kappa shape index (κ1) is 13.0. The Morgan fingerprint density at radius 2 is 2.06 bits per heavy atom. The fourth-order valence-corrected chi connectivity index (χ4v) is 2.48. The number of hydrogen-bond acceptors (Lipinski definition) is 2. The molecule has 1 unspecified atom stereocenters. The number of rotatable bonds is 5. The summed E-state index contributed by atoms with van der Waals surface area (Å²) in [5, 5.41) is 1.31. The lowest BCUT2D eigenvalue weighted by Gasteiger charge is -2.23. The van der Waals surface area contributed by atoms with Gasteiger partial charge in [-0.3, -0.25) is 0 Å². The summed E-state index contributed by atoms with van der Waals surface area (Å²) in [7, 11) is 4.25. The summed E-state index contributed by atoms with van der Waals surface area (Å²) in [5.41, 5.74) is 8.37. The molecule has 2 rings (SSSR count). The van der Waals surface area contributed by atoms with E-state index < -0.39 is 0 Å². The van der Waals surface area contributed by atoms with Crippen molar-refractivity contribution >= 4 is 16.6 Å². The van der Waals surface area contributed by atoms with E-state index in [2.05, 4.69) is 60.9 Å². The van der Waals surface area contributed by atoms with E-state index in [1.165, 1.54) is 16.6 Å². The summed E-state index contributed by atoms with van der Waals surface area (Å²) < 4.78 is 2.19. The van der Waals surface area contributed by atoms with Gasteiger partial charge in [-0.2, -0.15) is 0 Å². The van der Waals surface area contributed by atoms with Crippen LogP contribution in [0, 0.1) is 5.92 Å². The third kappa shape index (κ3) is 2.36. The number of benzene rings is 1. The minimum absolute atomic E-state index is 0.564. The molecule has 0 bridgehead atoms. The Labute approximate surface area is 109 Å². The van der Waals surface area contributed by atoms with Crippen molar-refractivity contribution in [2.45, 2.75) is 13.3 Å². The van der Waals surface area contributed by atoms with Gasteiger partial charge >= 0.3 is 0 Å². The molecule has 1 atom stereocenters. The Morgan fingerprint density at radius 1 is 1.33 bits per heavy atom. The van der Waals surface area contributed by atoms with Crippen LogP contribution in [0.2, 0.25) is 0 Å². The molecule has 0 amide bonds. The summed E-state index contributed by atoms with van der Waals surface area (Å²) in [6.07, 6.45) is 3.33. The summed E-state index contributed by atoms with van der Waals surface area (Å²) in [6.45, 7) is 3.97. The average molecular weight is 245 g/mol. The van der Waals surface area contributed by atoms with E-state index >= 15 is 0 Å². The Hall–Kier alpha value is -1.48. The van der Waals surface area contributed by atoms with Crippen LogP contribution in [0.15, 0.2) is 30.5 Å². The molecule has 1 aromatic carbocycles. The van der Waals surface area contributed by atoms with Crippen molar-refractivity contribution in [3.05, 3.63) is 30.5 Å². The van der Waals surface area contributed by atoms with Crippen molar-refractivity contribution in [1.29, 1.82) is 0 Å². The summed E-state index contributed by atoms with van der Waals surface area (Å²) >= 11 is 0. The fraction of sp³-hybridized carbons (Fsp3) is 0.467. The van der Waals surface area contributed by atoms with Gasteiger partial charge in [0.15, 0.2) is 0 Å². The highest BCUT2D eigenvalue weighted by atomic mass is 15.1. The molecule has 2 N–H and O–H groups in total. The van der Waals surface area contributed by atoms with Gasteiger partial charge in [0.05, 0.1) is 5.69 Å². The van der Waals surface area contributed by atoms with Crippen LogP contribution >= 0.6 is 0 Å². The van der Waals surface area contributed by atoms with E-state index in [4.69, 9.17) is 5.73 Å². The van der Waals surface area contributed by atoms with E-state index in [0.29, 0.717) is 5.92 Å². The van der Waals surface area contributed by atoms with Crippen LogP contribution in [0.4, 0.5) is 5.69 Å². The van der Waals surface area contributed by atoms with Gasteiger partial charge in [-0.05, 0) is 18.5 Å². The second kappa shape index (κ2) is 5.44. The first-order valence-electron chi connectivity index (χ1n) is 6.62. The molecule has 1 heterocycles. The zero-order valence-electron chi connectivity index (χ0n) is 11.6. The molecule has 0 aliphatic rings. The lowest BCUT2D eigenvalue weighted by Crippen LogP contribution is -2.29. The van der Waals surface area contributed by atoms with Crippen LogP contribution in [0.1, 0.15) is 13.3 Å². The van der Waals surface area contributed by atoms with Crippen molar-refractivity contribution in [2.75, 3.05) is 25.0 Å². The maximum Gasteiger partial charge on any atom is 0.0623 e. The van der Waals surface area contributed by atoms with Crippen molar-refractivity contribution in [2.24, 2.45) is 18.7 Å². The molecule has 0 fully saturated rings. The van der Waals surface area contributed by atoms with Crippen LogP contribution in [-0.2, 0) is 7.05 Å². The number of fused-ring (bicyclic) bond motifs is 1. The molecule has 3 heteroatoms. The molecule has 2 aromatic rings. The second-order valence-electron chi connectivity index (χ2n) is 5.03. The SMILES string of the molecule is CCC(CN)CN(C)c1cn(C)c2ccccc12. The number of para-hydroxylation sites is 1. The van der Waals surface area contributed by atoms with E-state index in [1.54, 1.807) is 0 Å². The molecule has 98 valence electrons. The molecular weight excluding hydrogens is 222 g/mol. The maximum atomic E-state index is 5.80. The minimum Gasteiger partial charge on any atom is -0.373 e. The van der Waals surface area contributed by atoms with Gasteiger partial charge in [0, 0.05) is 37.7 Å². The number of nitrogens with two attached hydrogens (primary N) is 1. The standard InChI is InChI=1S/C15H23N3/c1-4-12(9-16)10-17(2)15-11-18(3)14-8-6-5-7-13(14)15/h5-8,11-12H,4,9-10,16H2,1-3H3. The first-order valence-corrected chi connectivity index (χ1v) is 6.62. The van der Waals surface area contributed by atoms with E-state index in [0.717, 1.165) is 19.5 Å². The van der Waals surface area contributed by atoms with Gasteiger partial charge in [-0.15, -0.1) is 0 Å². The zero-order chi connectivity index (χ0) is 13.1. The lowest BCUT2D eigenvalue weighted by atomic mass is 10.1. The Kier molecular flexibility index (Phi) is 3.92. The summed E-state index contributed by atoms with van der Waals surface area (Å²) in [6, 6.07) is 8.53. The normalized spacial score (nSPS) is 12.9. The molecule has 1 aromatic heterocycles. The predicted octanol–water partition coefficient (Wildman–Crippen LogP) is 2.60. The minimum atomic E-state index is 0.564. The molecule has 0 aliphatic heterocycles. The molecule has 0 saturated heterocycles. The molecule has 18 heavy (non-hydrogen) atoms. The van der Waals surface area contributed by atoms with Crippen molar-refractivity contribution in [3.63, 3.8) is 0 Å². The number of nitrogens with zero attached hydrogens (tertiary/aromatic N) is 2. The molecule has 0 radical (unpaired) electrons. The van der Waals surface area contributed by atoms with Gasteiger partial charge in [0.2, 0.25) is 0 Å². The van der Waals surface area contributed by atoms with Gasteiger partial charge < -0.3 is 15.2 Å². The average Bonchev–Trinajstić information content (AvgIpc) is 2.74. The van der Waals surface area contributed by atoms with Gasteiger partial charge in [-0.1, -0.05) is 31.5 Å². The van der Waals surface area contributed by atoms with Gasteiger partial charge in [-0.25, -0.2) is 0 Å². The van der Waals surface area contributed by atoms with E-state index in [1.807, 2.05) is 0 Å². The fourth-order valence-electron chi connectivity index (χ4n) is 2.48.